The van der Waals surface area contributed by atoms with Gasteiger partial charge in [-0.05, 0) is 30.7 Å². The summed E-state index contributed by atoms with van der Waals surface area (Å²) in [7, 11) is 0. The molecule has 0 radical (unpaired) electrons. The number of hydrogen-bond acceptors (Lipinski definition) is 4. The van der Waals surface area contributed by atoms with Crippen molar-refractivity contribution in [2.45, 2.75) is 77.2 Å². The fourth-order valence-electron chi connectivity index (χ4n) is 3.85. The molecule has 5 heteroatoms. The van der Waals surface area contributed by atoms with Crippen LogP contribution in [0.2, 0.25) is 0 Å². The minimum Gasteiger partial charge on any atom is -0.349 e. The molecule has 5 nitrogen and oxygen atoms in total. The Balaban J connectivity index is 1.54. The van der Waals surface area contributed by atoms with Crippen molar-refractivity contribution in [1.82, 2.24) is 15.5 Å². The molecule has 146 valence electrons. The summed E-state index contributed by atoms with van der Waals surface area (Å²) in [5.74, 6) is 2.26. The van der Waals surface area contributed by atoms with Crippen LogP contribution >= 0.6 is 0 Å². The molecule has 0 unspecified atom stereocenters. The van der Waals surface area contributed by atoms with Crippen LogP contribution in [-0.2, 0) is 11.2 Å². The third kappa shape index (κ3) is 5.65. The summed E-state index contributed by atoms with van der Waals surface area (Å²) < 4.78 is 5.26. The zero-order valence-corrected chi connectivity index (χ0v) is 16.5. The van der Waals surface area contributed by atoms with Crippen molar-refractivity contribution in [3.8, 4) is 0 Å². The van der Waals surface area contributed by atoms with Gasteiger partial charge < -0.3 is 9.84 Å². The number of carbonyl (C=O) groups excluding carboxylic acids is 1. The predicted molar refractivity (Wildman–Crippen MR) is 105 cm³/mol. The molecule has 0 aliphatic heterocycles. The van der Waals surface area contributed by atoms with Crippen LogP contribution in [0, 0.1) is 5.92 Å². The summed E-state index contributed by atoms with van der Waals surface area (Å²) in [5, 5.41) is 7.28. The molecule has 1 aromatic heterocycles. The van der Waals surface area contributed by atoms with Crippen molar-refractivity contribution < 1.29 is 9.32 Å². The average molecular weight is 370 g/mol. The molecule has 1 saturated carbocycles. The zero-order valence-electron chi connectivity index (χ0n) is 16.5. The van der Waals surface area contributed by atoms with E-state index in [1.807, 2.05) is 19.9 Å². The third-order valence-electron chi connectivity index (χ3n) is 5.39. The second-order valence-electron chi connectivity index (χ2n) is 7.91. The van der Waals surface area contributed by atoms with Crippen molar-refractivity contribution in [3.63, 3.8) is 0 Å². The maximum Gasteiger partial charge on any atom is 0.226 e. The Morgan fingerprint density at radius 2 is 1.93 bits per heavy atom. The first-order valence-electron chi connectivity index (χ1n) is 10.3. The number of carbonyl (C=O) groups is 1. The number of hydrogen-bond donors (Lipinski definition) is 1. The summed E-state index contributed by atoms with van der Waals surface area (Å²) in [5.41, 5.74) is 1.22. The van der Waals surface area contributed by atoms with E-state index in [9.17, 15) is 4.79 Å². The van der Waals surface area contributed by atoms with Gasteiger partial charge in [0.25, 0.3) is 0 Å². The van der Waals surface area contributed by atoms with Crippen molar-refractivity contribution in [2.24, 2.45) is 5.92 Å². The Bertz CT molecular complexity index is 705. The minimum absolute atomic E-state index is 0.109. The van der Waals surface area contributed by atoms with Gasteiger partial charge in [0.2, 0.25) is 11.8 Å². The fourth-order valence-corrected chi connectivity index (χ4v) is 3.85. The Labute approximate surface area is 161 Å². The van der Waals surface area contributed by atoms with Gasteiger partial charge in [0, 0.05) is 18.8 Å². The molecule has 1 atom stereocenters. The Morgan fingerprint density at radius 1 is 1.19 bits per heavy atom. The Morgan fingerprint density at radius 3 is 2.59 bits per heavy atom. The molecule has 3 rings (SSSR count). The number of aryl methyl sites for hydroxylation is 1. The van der Waals surface area contributed by atoms with Crippen molar-refractivity contribution in [2.75, 3.05) is 0 Å². The van der Waals surface area contributed by atoms with Crippen LogP contribution in [0.1, 0.15) is 88.0 Å². The van der Waals surface area contributed by atoms with E-state index in [2.05, 4.69) is 39.7 Å². The third-order valence-corrected chi connectivity index (χ3v) is 5.39. The second kappa shape index (κ2) is 9.67. The molecule has 1 fully saturated rings. The van der Waals surface area contributed by atoms with Gasteiger partial charge in [-0.25, -0.2) is 0 Å². The Kier molecular flexibility index (Phi) is 7.02. The van der Waals surface area contributed by atoms with Crippen molar-refractivity contribution in [3.05, 3.63) is 47.6 Å². The summed E-state index contributed by atoms with van der Waals surface area (Å²) in [4.78, 5) is 17.0. The maximum atomic E-state index is 12.6. The first kappa shape index (κ1) is 19.6. The van der Waals surface area contributed by atoms with Crippen LogP contribution < -0.4 is 5.32 Å². The van der Waals surface area contributed by atoms with E-state index >= 15 is 0 Å². The highest BCUT2D eigenvalue weighted by atomic mass is 16.5. The van der Waals surface area contributed by atoms with E-state index in [0.717, 1.165) is 12.2 Å². The molecular formula is C22H31N3O2. The van der Waals surface area contributed by atoms with Crippen LogP contribution in [0.25, 0.3) is 0 Å². The lowest BCUT2D eigenvalue weighted by molar-refractivity contribution is -0.122. The zero-order chi connectivity index (χ0) is 19.1. The van der Waals surface area contributed by atoms with E-state index in [-0.39, 0.29) is 17.9 Å². The van der Waals surface area contributed by atoms with Gasteiger partial charge in [-0.2, -0.15) is 4.98 Å². The number of aromatic nitrogens is 2. The monoisotopic (exact) mass is 369 g/mol. The second-order valence-corrected chi connectivity index (χ2v) is 7.91. The smallest absolute Gasteiger partial charge is 0.226 e. The largest absolute Gasteiger partial charge is 0.349 e. The highest BCUT2D eigenvalue weighted by Gasteiger charge is 2.26. The van der Waals surface area contributed by atoms with E-state index in [4.69, 9.17) is 4.52 Å². The molecule has 1 heterocycles. The molecule has 1 amide bonds. The molecule has 1 N–H and O–H groups in total. The number of nitrogens with one attached hydrogen (secondary N) is 1. The summed E-state index contributed by atoms with van der Waals surface area (Å²) in [6.45, 7) is 4.08. The van der Waals surface area contributed by atoms with E-state index in [1.165, 1.54) is 37.7 Å². The number of nitrogens with zero attached hydrogens (tertiary/aromatic N) is 2. The van der Waals surface area contributed by atoms with Crippen LogP contribution in [0.4, 0.5) is 0 Å². The molecule has 1 aliphatic rings. The van der Waals surface area contributed by atoms with Gasteiger partial charge in [-0.1, -0.05) is 68.6 Å². The summed E-state index contributed by atoms with van der Waals surface area (Å²) >= 11 is 0. The highest BCUT2D eigenvalue weighted by Crippen LogP contribution is 2.34. The van der Waals surface area contributed by atoms with Gasteiger partial charge in [0.1, 0.15) is 0 Å². The summed E-state index contributed by atoms with van der Waals surface area (Å²) in [6, 6.07) is 10.5. The predicted octanol–water partition coefficient (Wildman–Crippen LogP) is 4.95. The lowest BCUT2D eigenvalue weighted by Gasteiger charge is -2.31. The van der Waals surface area contributed by atoms with Crippen LogP contribution in [-0.4, -0.2) is 16.0 Å². The Hall–Kier alpha value is -2.17. The van der Waals surface area contributed by atoms with Crippen molar-refractivity contribution in [1.29, 1.82) is 0 Å². The molecule has 27 heavy (non-hydrogen) atoms. The number of benzene rings is 1. The van der Waals surface area contributed by atoms with E-state index in [0.29, 0.717) is 24.7 Å². The molecule has 1 aromatic carbocycles. The minimum atomic E-state index is 0.109. The average Bonchev–Trinajstić information content (AvgIpc) is 3.17. The van der Waals surface area contributed by atoms with Gasteiger partial charge in [-0.3, -0.25) is 4.79 Å². The van der Waals surface area contributed by atoms with Crippen LogP contribution in [0.3, 0.4) is 0 Å². The number of rotatable bonds is 8. The molecule has 0 saturated heterocycles. The molecule has 2 aromatic rings. The van der Waals surface area contributed by atoms with E-state index < -0.39 is 0 Å². The topological polar surface area (TPSA) is 68.0 Å². The van der Waals surface area contributed by atoms with Gasteiger partial charge >= 0.3 is 0 Å². The van der Waals surface area contributed by atoms with Crippen molar-refractivity contribution >= 4 is 5.91 Å². The normalized spacial score (nSPS) is 16.4. The van der Waals surface area contributed by atoms with Gasteiger partial charge in [0.05, 0.1) is 6.04 Å². The highest BCUT2D eigenvalue weighted by molar-refractivity contribution is 5.76. The SMILES string of the molecule is CC(C)c1noc(CCCC(=O)N[C@H](c2ccccc2)C2CCCCC2)n1. The fraction of sp³-hybridized carbons (Fsp3) is 0.591. The molecule has 0 bridgehead atoms. The number of amides is 1. The lowest BCUT2D eigenvalue weighted by atomic mass is 9.81. The first-order chi connectivity index (χ1) is 13.1. The van der Waals surface area contributed by atoms with E-state index in [1.54, 1.807) is 0 Å². The van der Waals surface area contributed by atoms with Gasteiger partial charge in [0.15, 0.2) is 5.82 Å². The molecular weight excluding hydrogens is 338 g/mol. The molecule has 0 spiro atoms. The first-order valence-corrected chi connectivity index (χ1v) is 10.3. The lowest BCUT2D eigenvalue weighted by Crippen LogP contribution is -2.34. The maximum absolute atomic E-state index is 12.6. The van der Waals surface area contributed by atoms with Gasteiger partial charge in [-0.15, -0.1) is 0 Å². The molecule has 1 aliphatic carbocycles. The van der Waals surface area contributed by atoms with Crippen LogP contribution in [0.15, 0.2) is 34.9 Å². The van der Waals surface area contributed by atoms with Crippen LogP contribution in [0.5, 0.6) is 0 Å². The quantitative estimate of drug-likeness (QED) is 0.714. The summed E-state index contributed by atoms with van der Waals surface area (Å²) in [6.07, 6.45) is 8.08. The standard InChI is InChI=1S/C22H31N3O2/c1-16(2)22-24-20(27-25-22)15-9-14-19(26)23-21(17-10-5-3-6-11-17)18-12-7-4-8-13-18/h3,5-6,10-11,16,18,21H,4,7-9,12-15H2,1-2H3,(H,23,26)/t21-/m1/s1.